The lowest BCUT2D eigenvalue weighted by molar-refractivity contribution is 0.189. The molecule has 1 aromatic heterocycles. The van der Waals surface area contributed by atoms with Gasteiger partial charge in [0.1, 0.15) is 0 Å². The molecule has 0 amide bonds. The molecule has 1 rings (SSSR count). The Bertz CT molecular complexity index is 261. The fraction of sp³-hybridized carbons (Fsp3) is 0.500. The third-order valence-electron chi connectivity index (χ3n) is 1.90. The fourth-order valence-corrected chi connectivity index (χ4v) is 1.09. The summed E-state index contributed by atoms with van der Waals surface area (Å²) in [6.45, 7) is 4.60. The van der Waals surface area contributed by atoms with Crippen molar-refractivity contribution in [2.45, 2.75) is 26.4 Å². The van der Waals surface area contributed by atoms with Gasteiger partial charge in [0.2, 0.25) is 0 Å². The van der Waals surface area contributed by atoms with Gasteiger partial charge in [0.05, 0.1) is 6.10 Å². The fourth-order valence-electron chi connectivity index (χ4n) is 1.09. The van der Waals surface area contributed by atoms with Crippen molar-refractivity contribution in [1.29, 1.82) is 0 Å². The minimum atomic E-state index is -0.241. The molecule has 0 bridgehead atoms. The zero-order chi connectivity index (χ0) is 9.68. The van der Waals surface area contributed by atoms with Crippen molar-refractivity contribution in [2.24, 2.45) is 0 Å². The largest absolute Gasteiger partial charge is 0.393 e. The highest BCUT2D eigenvalue weighted by molar-refractivity contribution is 5.48. The first-order valence-electron chi connectivity index (χ1n) is 4.52. The van der Waals surface area contributed by atoms with Crippen LogP contribution in [0.4, 0.5) is 5.69 Å². The van der Waals surface area contributed by atoms with Gasteiger partial charge in [-0.1, -0.05) is 0 Å². The summed E-state index contributed by atoms with van der Waals surface area (Å²) >= 11 is 0. The number of hydrogen-bond donors (Lipinski definition) is 2. The van der Waals surface area contributed by atoms with Gasteiger partial charge in [-0.15, -0.1) is 0 Å². The van der Waals surface area contributed by atoms with Crippen molar-refractivity contribution >= 4 is 5.69 Å². The van der Waals surface area contributed by atoms with Crippen molar-refractivity contribution in [1.82, 2.24) is 4.98 Å². The Kier molecular flexibility index (Phi) is 3.71. The minimum absolute atomic E-state index is 0.241. The highest BCUT2D eigenvalue weighted by Crippen LogP contribution is 2.11. The van der Waals surface area contributed by atoms with Crippen LogP contribution in [0, 0.1) is 6.92 Å². The van der Waals surface area contributed by atoms with Gasteiger partial charge in [0.25, 0.3) is 0 Å². The first-order chi connectivity index (χ1) is 6.20. The molecule has 0 unspecified atom stereocenters. The Balaban J connectivity index is 2.41. The molecular formula is C10H16N2O. The van der Waals surface area contributed by atoms with Crippen LogP contribution in [0.1, 0.15) is 18.9 Å². The Labute approximate surface area is 78.8 Å². The summed E-state index contributed by atoms with van der Waals surface area (Å²) in [4.78, 5) is 4.00. The van der Waals surface area contributed by atoms with Gasteiger partial charge in [0.15, 0.2) is 0 Å². The normalized spacial score (nSPS) is 12.5. The molecule has 2 N–H and O–H groups in total. The number of aliphatic hydroxyl groups is 1. The summed E-state index contributed by atoms with van der Waals surface area (Å²) in [5.41, 5.74) is 2.23. The summed E-state index contributed by atoms with van der Waals surface area (Å²) in [7, 11) is 0. The van der Waals surface area contributed by atoms with Crippen molar-refractivity contribution in [3.05, 3.63) is 24.0 Å². The summed E-state index contributed by atoms with van der Waals surface area (Å²) in [5.74, 6) is 0. The molecule has 0 aliphatic rings. The smallest absolute Gasteiger partial charge is 0.0528 e. The molecule has 0 fully saturated rings. The van der Waals surface area contributed by atoms with Crippen LogP contribution in [0.3, 0.4) is 0 Å². The summed E-state index contributed by atoms with van der Waals surface area (Å²) < 4.78 is 0. The Morgan fingerprint density at radius 1 is 1.62 bits per heavy atom. The topological polar surface area (TPSA) is 45.2 Å². The van der Waals surface area contributed by atoms with E-state index in [4.69, 9.17) is 5.11 Å². The van der Waals surface area contributed by atoms with Crippen LogP contribution >= 0.6 is 0 Å². The average molecular weight is 180 g/mol. The van der Waals surface area contributed by atoms with Crippen molar-refractivity contribution < 1.29 is 5.11 Å². The molecule has 1 aromatic rings. The van der Waals surface area contributed by atoms with Crippen molar-refractivity contribution in [2.75, 3.05) is 11.9 Å². The summed E-state index contributed by atoms with van der Waals surface area (Å²) in [6.07, 6.45) is 4.11. The maximum atomic E-state index is 9.05. The van der Waals surface area contributed by atoms with Gasteiger partial charge < -0.3 is 10.4 Å². The predicted molar refractivity (Wildman–Crippen MR) is 53.8 cm³/mol. The van der Waals surface area contributed by atoms with E-state index in [2.05, 4.69) is 10.3 Å². The van der Waals surface area contributed by atoms with E-state index in [0.29, 0.717) is 0 Å². The van der Waals surface area contributed by atoms with E-state index in [9.17, 15) is 0 Å². The molecule has 0 saturated carbocycles. The Morgan fingerprint density at radius 3 is 3.00 bits per heavy atom. The van der Waals surface area contributed by atoms with Crippen LogP contribution < -0.4 is 5.32 Å². The SMILES string of the molecule is Cc1cnccc1NCC[C@@H](C)O. The summed E-state index contributed by atoms with van der Waals surface area (Å²) in [6, 6.07) is 1.94. The molecule has 1 atom stereocenters. The number of aromatic nitrogens is 1. The number of nitrogens with zero attached hydrogens (tertiary/aromatic N) is 1. The highest BCUT2D eigenvalue weighted by Gasteiger charge is 1.97. The minimum Gasteiger partial charge on any atom is -0.393 e. The maximum Gasteiger partial charge on any atom is 0.0528 e. The Morgan fingerprint density at radius 2 is 2.38 bits per heavy atom. The lowest BCUT2D eigenvalue weighted by Gasteiger charge is -2.09. The molecule has 13 heavy (non-hydrogen) atoms. The lowest BCUT2D eigenvalue weighted by atomic mass is 10.2. The van der Waals surface area contributed by atoms with Crippen molar-refractivity contribution in [3.8, 4) is 0 Å². The standard InChI is InChI=1S/C10H16N2O/c1-8-7-11-5-4-10(8)12-6-3-9(2)13/h4-5,7,9,13H,3,6H2,1-2H3,(H,11,12)/t9-/m1/s1. The highest BCUT2D eigenvalue weighted by atomic mass is 16.3. The molecule has 0 saturated heterocycles. The van der Waals surface area contributed by atoms with E-state index in [0.717, 1.165) is 24.2 Å². The third-order valence-corrected chi connectivity index (χ3v) is 1.90. The van der Waals surface area contributed by atoms with Crippen LogP contribution in [-0.4, -0.2) is 22.7 Å². The molecule has 0 aromatic carbocycles. The van der Waals surface area contributed by atoms with Crippen LogP contribution in [0.2, 0.25) is 0 Å². The average Bonchev–Trinajstić information content (AvgIpc) is 2.08. The Hall–Kier alpha value is -1.09. The van der Waals surface area contributed by atoms with Crippen LogP contribution in [-0.2, 0) is 0 Å². The number of aryl methyl sites for hydroxylation is 1. The van der Waals surface area contributed by atoms with Gasteiger partial charge in [-0.25, -0.2) is 0 Å². The molecule has 0 spiro atoms. The second-order valence-electron chi connectivity index (χ2n) is 3.26. The van der Waals surface area contributed by atoms with Crippen LogP contribution in [0.5, 0.6) is 0 Å². The molecular weight excluding hydrogens is 164 g/mol. The van der Waals surface area contributed by atoms with E-state index in [1.807, 2.05) is 19.2 Å². The van der Waals surface area contributed by atoms with E-state index < -0.39 is 0 Å². The molecule has 0 radical (unpaired) electrons. The second kappa shape index (κ2) is 4.82. The molecule has 0 aliphatic carbocycles. The lowest BCUT2D eigenvalue weighted by Crippen LogP contribution is -2.10. The molecule has 72 valence electrons. The van der Waals surface area contributed by atoms with Crippen LogP contribution in [0.25, 0.3) is 0 Å². The zero-order valence-electron chi connectivity index (χ0n) is 8.12. The molecule has 3 heteroatoms. The van der Waals surface area contributed by atoms with Gasteiger partial charge in [0, 0.05) is 24.6 Å². The maximum absolute atomic E-state index is 9.05. The van der Waals surface area contributed by atoms with Gasteiger partial charge in [-0.05, 0) is 31.9 Å². The van der Waals surface area contributed by atoms with Gasteiger partial charge >= 0.3 is 0 Å². The van der Waals surface area contributed by atoms with Crippen LogP contribution in [0.15, 0.2) is 18.5 Å². The van der Waals surface area contributed by atoms with Gasteiger partial charge in [-0.3, -0.25) is 4.98 Å². The third kappa shape index (κ3) is 3.42. The van der Waals surface area contributed by atoms with E-state index >= 15 is 0 Å². The van der Waals surface area contributed by atoms with E-state index in [1.165, 1.54) is 0 Å². The predicted octanol–water partition coefficient (Wildman–Crippen LogP) is 1.57. The van der Waals surface area contributed by atoms with E-state index in [-0.39, 0.29) is 6.10 Å². The zero-order valence-corrected chi connectivity index (χ0v) is 8.12. The number of hydrogen-bond acceptors (Lipinski definition) is 3. The number of anilines is 1. The van der Waals surface area contributed by atoms with Gasteiger partial charge in [-0.2, -0.15) is 0 Å². The second-order valence-corrected chi connectivity index (χ2v) is 3.26. The number of rotatable bonds is 4. The first kappa shape index (κ1) is 9.99. The molecule has 0 aliphatic heterocycles. The molecule has 3 nitrogen and oxygen atoms in total. The first-order valence-corrected chi connectivity index (χ1v) is 4.52. The number of nitrogens with one attached hydrogen (secondary N) is 1. The summed E-state index contributed by atoms with van der Waals surface area (Å²) in [5, 5.41) is 12.3. The number of pyridine rings is 1. The monoisotopic (exact) mass is 180 g/mol. The molecule has 1 heterocycles. The number of aliphatic hydroxyl groups excluding tert-OH is 1. The van der Waals surface area contributed by atoms with E-state index in [1.54, 1.807) is 13.1 Å². The van der Waals surface area contributed by atoms with Crippen molar-refractivity contribution in [3.63, 3.8) is 0 Å². The quantitative estimate of drug-likeness (QED) is 0.739.